The Morgan fingerprint density at radius 1 is 1.38 bits per heavy atom. The average Bonchev–Trinajstić information content (AvgIpc) is 2.35. The van der Waals surface area contributed by atoms with Gasteiger partial charge in [0.25, 0.3) is 0 Å². The summed E-state index contributed by atoms with van der Waals surface area (Å²) >= 11 is 0. The van der Waals surface area contributed by atoms with Gasteiger partial charge >= 0.3 is 12.1 Å². The SMILES string of the molecule is CCOC(=O)C=C[C@@H]1[C@@H](C)OCCN1C(=O)OC(C)(C)C. The fraction of sp³-hybridized carbons (Fsp3) is 0.733. The van der Waals surface area contributed by atoms with Crippen LogP contribution in [0, 0.1) is 0 Å². The van der Waals surface area contributed by atoms with Crippen molar-refractivity contribution in [2.24, 2.45) is 0 Å². The second kappa shape index (κ2) is 7.45. The maximum Gasteiger partial charge on any atom is 0.410 e. The highest BCUT2D eigenvalue weighted by molar-refractivity contribution is 5.82. The number of esters is 1. The molecule has 1 amide bonds. The number of hydrogen-bond acceptors (Lipinski definition) is 5. The van der Waals surface area contributed by atoms with Gasteiger partial charge in [0, 0.05) is 12.6 Å². The molecule has 1 heterocycles. The Morgan fingerprint density at radius 2 is 2.05 bits per heavy atom. The maximum absolute atomic E-state index is 12.2. The van der Waals surface area contributed by atoms with Crippen molar-refractivity contribution in [3.05, 3.63) is 12.2 Å². The summed E-state index contributed by atoms with van der Waals surface area (Å²) in [7, 11) is 0. The Morgan fingerprint density at radius 3 is 2.62 bits per heavy atom. The van der Waals surface area contributed by atoms with E-state index in [4.69, 9.17) is 14.2 Å². The van der Waals surface area contributed by atoms with Gasteiger partial charge in [-0.1, -0.05) is 6.08 Å². The molecule has 0 aliphatic carbocycles. The van der Waals surface area contributed by atoms with E-state index in [-0.39, 0.29) is 12.1 Å². The molecule has 2 atom stereocenters. The van der Waals surface area contributed by atoms with Gasteiger partial charge in [0.1, 0.15) is 5.60 Å². The van der Waals surface area contributed by atoms with Crippen LogP contribution in [-0.2, 0) is 19.0 Å². The minimum absolute atomic E-state index is 0.211. The molecule has 0 aromatic rings. The summed E-state index contributed by atoms with van der Waals surface area (Å²) in [6.45, 7) is 10.2. The lowest BCUT2D eigenvalue weighted by atomic mass is 10.1. The number of morpholine rings is 1. The summed E-state index contributed by atoms with van der Waals surface area (Å²) in [6, 6.07) is -0.349. The smallest absolute Gasteiger partial charge is 0.410 e. The monoisotopic (exact) mass is 299 g/mol. The van der Waals surface area contributed by atoms with E-state index in [2.05, 4.69) is 0 Å². The van der Waals surface area contributed by atoms with Crippen molar-refractivity contribution < 1.29 is 23.8 Å². The number of ether oxygens (including phenoxy) is 3. The first-order chi connectivity index (χ1) is 9.74. The quantitative estimate of drug-likeness (QED) is 0.590. The molecule has 1 aliphatic heterocycles. The number of amides is 1. The van der Waals surface area contributed by atoms with Crippen molar-refractivity contribution in [2.45, 2.75) is 52.4 Å². The average molecular weight is 299 g/mol. The van der Waals surface area contributed by atoms with Crippen LogP contribution in [0.15, 0.2) is 12.2 Å². The molecule has 0 N–H and O–H groups in total. The van der Waals surface area contributed by atoms with Gasteiger partial charge in [-0.15, -0.1) is 0 Å². The number of carbonyl (C=O) groups is 2. The van der Waals surface area contributed by atoms with Gasteiger partial charge in [-0.05, 0) is 34.6 Å². The molecule has 1 aliphatic rings. The normalized spacial score (nSPS) is 23.2. The predicted octanol–water partition coefficient (Wildman–Crippen LogP) is 2.13. The first-order valence-electron chi connectivity index (χ1n) is 7.20. The summed E-state index contributed by atoms with van der Waals surface area (Å²) in [6.07, 6.45) is 2.34. The predicted molar refractivity (Wildman–Crippen MR) is 77.9 cm³/mol. The van der Waals surface area contributed by atoms with E-state index < -0.39 is 17.7 Å². The fourth-order valence-electron chi connectivity index (χ4n) is 2.00. The summed E-state index contributed by atoms with van der Waals surface area (Å²) in [5.41, 5.74) is -0.561. The van der Waals surface area contributed by atoms with Crippen molar-refractivity contribution in [2.75, 3.05) is 19.8 Å². The molecule has 0 bridgehead atoms. The Balaban J connectivity index is 2.79. The molecule has 1 saturated heterocycles. The van der Waals surface area contributed by atoms with Crippen LogP contribution in [0.4, 0.5) is 4.79 Å². The van der Waals surface area contributed by atoms with Crippen LogP contribution in [-0.4, -0.2) is 54.5 Å². The fourth-order valence-corrected chi connectivity index (χ4v) is 2.00. The summed E-state index contributed by atoms with van der Waals surface area (Å²) in [5.74, 6) is -0.431. The van der Waals surface area contributed by atoms with Crippen molar-refractivity contribution in [1.82, 2.24) is 4.90 Å². The van der Waals surface area contributed by atoms with Gasteiger partial charge < -0.3 is 14.2 Å². The van der Waals surface area contributed by atoms with E-state index in [9.17, 15) is 9.59 Å². The number of hydrogen-bond donors (Lipinski definition) is 0. The van der Waals surface area contributed by atoms with Gasteiger partial charge in [0.15, 0.2) is 0 Å². The first kappa shape index (κ1) is 17.5. The van der Waals surface area contributed by atoms with E-state index in [0.717, 1.165) is 0 Å². The van der Waals surface area contributed by atoms with E-state index in [1.54, 1.807) is 17.9 Å². The third-order valence-corrected chi connectivity index (χ3v) is 2.90. The summed E-state index contributed by atoms with van der Waals surface area (Å²) in [5, 5.41) is 0. The molecule has 0 aromatic heterocycles. The van der Waals surface area contributed by atoms with Crippen LogP contribution in [0.5, 0.6) is 0 Å². The molecule has 1 fully saturated rings. The molecule has 6 heteroatoms. The van der Waals surface area contributed by atoms with E-state index in [1.807, 2.05) is 27.7 Å². The minimum Gasteiger partial charge on any atom is -0.463 e. The lowest BCUT2D eigenvalue weighted by molar-refractivity contribution is -0.137. The van der Waals surface area contributed by atoms with Crippen LogP contribution in [0.25, 0.3) is 0 Å². The Kier molecular flexibility index (Phi) is 6.20. The molecule has 0 aromatic carbocycles. The van der Waals surface area contributed by atoms with Crippen LogP contribution >= 0.6 is 0 Å². The van der Waals surface area contributed by atoms with Gasteiger partial charge in [-0.25, -0.2) is 9.59 Å². The molecule has 0 unspecified atom stereocenters. The van der Waals surface area contributed by atoms with Crippen LogP contribution in [0.3, 0.4) is 0 Å². The third kappa shape index (κ3) is 5.75. The van der Waals surface area contributed by atoms with Gasteiger partial charge in [-0.3, -0.25) is 4.90 Å². The van der Waals surface area contributed by atoms with E-state index in [0.29, 0.717) is 19.8 Å². The second-order valence-corrected chi connectivity index (χ2v) is 5.85. The molecular weight excluding hydrogens is 274 g/mol. The lowest BCUT2D eigenvalue weighted by Gasteiger charge is -2.38. The molecular formula is C15H25NO5. The summed E-state index contributed by atoms with van der Waals surface area (Å²) < 4.78 is 15.8. The van der Waals surface area contributed by atoms with E-state index >= 15 is 0 Å². The van der Waals surface area contributed by atoms with Crippen molar-refractivity contribution in [3.63, 3.8) is 0 Å². The maximum atomic E-state index is 12.2. The molecule has 6 nitrogen and oxygen atoms in total. The largest absolute Gasteiger partial charge is 0.463 e. The van der Waals surface area contributed by atoms with Crippen LogP contribution in [0.2, 0.25) is 0 Å². The standard InChI is InChI=1S/C15H25NO5/c1-6-19-13(17)8-7-12-11(2)20-10-9-16(12)14(18)21-15(3,4)5/h7-8,11-12H,6,9-10H2,1-5H3/t11-,12-/m1/s1. The Hall–Kier alpha value is -1.56. The molecule has 21 heavy (non-hydrogen) atoms. The van der Waals surface area contributed by atoms with Gasteiger partial charge in [0.05, 0.1) is 25.4 Å². The Bertz CT molecular complexity index is 399. The third-order valence-electron chi connectivity index (χ3n) is 2.90. The molecule has 0 radical (unpaired) electrons. The highest BCUT2D eigenvalue weighted by atomic mass is 16.6. The van der Waals surface area contributed by atoms with Crippen molar-refractivity contribution >= 4 is 12.1 Å². The van der Waals surface area contributed by atoms with Crippen LogP contribution in [0.1, 0.15) is 34.6 Å². The number of rotatable bonds is 3. The van der Waals surface area contributed by atoms with Gasteiger partial charge in [-0.2, -0.15) is 0 Å². The first-order valence-corrected chi connectivity index (χ1v) is 7.20. The number of carbonyl (C=O) groups excluding carboxylic acids is 2. The zero-order valence-corrected chi connectivity index (χ0v) is 13.4. The minimum atomic E-state index is -0.561. The molecule has 1 rings (SSSR count). The number of nitrogens with zero attached hydrogens (tertiary/aromatic N) is 1. The molecule has 0 saturated carbocycles. The van der Waals surface area contributed by atoms with E-state index in [1.165, 1.54) is 6.08 Å². The van der Waals surface area contributed by atoms with Crippen molar-refractivity contribution in [3.8, 4) is 0 Å². The highest BCUT2D eigenvalue weighted by Crippen LogP contribution is 2.19. The van der Waals surface area contributed by atoms with Crippen LogP contribution < -0.4 is 0 Å². The molecule has 0 spiro atoms. The van der Waals surface area contributed by atoms with Crippen molar-refractivity contribution in [1.29, 1.82) is 0 Å². The zero-order chi connectivity index (χ0) is 16.0. The Labute approximate surface area is 126 Å². The molecule has 120 valence electrons. The topological polar surface area (TPSA) is 65.1 Å². The second-order valence-electron chi connectivity index (χ2n) is 5.85. The zero-order valence-electron chi connectivity index (χ0n) is 13.4. The lowest BCUT2D eigenvalue weighted by Crippen LogP contribution is -2.53. The summed E-state index contributed by atoms with van der Waals surface area (Å²) in [4.78, 5) is 25.2. The highest BCUT2D eigenvalue weighted by Gasteiger charge is 2.33. The van der Waals surface area contributed by atoms with Gasteiger partial charge in [0.2, 0.25) is 0 Å².